The normalized spacial score (nSPS) is 14.8. The fourth-order valence-corrected chi connectivity index (χ4v) is 6.98. The highest BCUT2D eigenvalue weighted by Gasteiger charge is 2.23. The zero-order valence-corrected chi connectivity index (χ0v) is 31.1. The molecule has 2 saturated heterocycles. The van der Waals surface area contributed by atoms with Crippen molar-refractivity contribution in [3.63, 3.8) is 0 Å². The van der Waals surface area contributed by atoms with Gasteiger partial charge >= 0.3 is 0 Å². The Hall–Kier alpha value is -5.95. The predicted molar refractivity (Wildman–Crippen MR) is 212 cm³/mol. The van der Waals surface area contributed by atoms with E-state index < -0.39 is 0 Å². The molecule has 0 radical (unpaired) electrons. The van der Waals surface area contributed by atoms with Gasteiger partial charge in [-0.05, 0) is 65.5 Å². The molecule has 0 saturated carbocycles. The lowest BCUT2D eigenvalue weighted by molar-refractivity contribution is -0.00293. The Kier molecular flexibility index (Phi) is 11.6. The minimum Gasteiger partial charge on any atom is -0.380 e. The SMILES string of the molecule is C#CC1COC1.C[C@H](Nc1ncnc2sccc12)c1ccc(-n2cc(C3COC3)nn2)cc1.C[C@H](Nc1ncnc2sccc12)c1ccc(N=[N+]=[N-])cc1. The summed E-state index contributed by atoms with van der Waals surface area (Å²) in [4.78, 5) is 22.0. The highest BCUT2D eigenvalue weighted by molar-refractivity contribution is 7.17. The molecule has 0 amide bonds. The largest absolute Gasteiger partial charge is 0.380 e. The molecule has 5 aromatic heterocycles. The van der Waals surface area contributed by atoms with Crippen molar-refractivity contribution < 1.29 is 9.47 Å². The van der Waals surface area contributed by atoms with Gasteiger partial charge in [0.1, 0.15) is 34.0 Å². The number of fused-ring (bicyclic) bond motifs is 2. The molecule has 0 spiro atoms. The van der Waals surface area contributed by atoms with Gasteiger partial charge in [-0.2, -0.15) is 0 Å². The van der Waals surface area contributed by atoms with E-state index in [-0.39, 0.29) is 12.1 Å². The molecule has 54 heavy (non-hydrogen) atoms. The maximum atomic E-state index is 8.41. The number of thiophene rings is 2. The van der Waals surface area contributed by atoms with Crippen molar-refractivity contribution in [3.05, 3.63) is 118 Å². The Balaban J connectivity index is 0.000000148. The summed E-state index contributed by atoms with van der Waals surface area (Å²) in [6, 6.07) is 20.1. The van der Waals surface area contributed by atoms with Crippen LogP contribution >= 0.6 is 22.7 Å². The number of aromatic nitrogens is 7. The summed E-state index contributed by atoms with van der Waals surface area (Å²) in [6.07, 6.45) is 10.2. The van der Waals surface area contributed by atoms with Crippen LogP contribution in [0.1, 0.15) is 48.7 Å². The number of ether oxygens (including phenoxy) is 2. The van der Waals surface area contributed by atoms with Gasteiger partial charge < -0.3 is 20.1 Å². The molecule has 7 aromatic rings. The summed E-state index contributed by atoms with van der Waals surface area (Å²) in [5, 5.41) is 25.1. The first-order chi connectivity index (χ1) is 26.5. The Bertz CT molecular complexity index is 2390. The van der Waals surface area contributed by atoms with Gasteiger partial charge in [0, 0.05) is 22.7 Å². The van der Waals surface area contributed by atoms with E-state index >= 15 is 0 Å². The summed E-state index contributed by atoms with van der Waals surface area (Å²) in [7, 11) is 0. The van der Waals surface area contributed by atoms with Gasteiger partial charge in [0.05, 0.1) is 66.6 Å². The lowest BCUT2D eigenvalue weighted by Crippen LogP contribution is -2.25. The summed E-state index contributed by atoms with van der Waals surface area (Å²) >= 11 is 3.21. The molecule has 0 bridgehead atoms. The first kappa shape index (κ1) is 36.4. The third kappa shape index (κ3) is 8.63. The molecular formula is C38H36N12O2S2. The molecule has 14 nitrogen and oxygen atoms in total. The zero-order chi connectivity index (χ0) is 37.3. The average Bonchev–Trinajstić information content (AvgIpc) is 3.94. The van der Waals surface area contributed by atoms with E-state index in [9.17, 15) is 0 Å². The van der Waals surface area contributed by atoms with Gasteiger partial charge in [0.25, 0.3) is 0 Å². The number of anilines is 2. The van der Waals surface area contributed by atoms with E-state index in [1.165, 1.54) is 5.56 Å². The van der Waals surface area contributed by atoms with Crippen molar-refractivity contribution in [2.45, 2.75) is 31.8 Å². The van der Waals surface area contributed by atoms with Gasteiger partial charge in [0.15, 0.2) is 0 Å². The van der Waals surface area contributed by atoms with Crippen LogP contribution in [0, 0.1) is 18.3 Å². The Morgan fingerprint density at radius 3 is 1.83 bits per heavy atom. The van der Waals surface area contributed by atoms with Crippen LogP contribution in [-0.2, 0) is 9.47 Å². The predicted octanol–water partition coefficient (Wildman–Crippen LogP) is 8.63. The lowest BCUT2D eigenvalue weighted by atomic mass is 10.1. The van der Waals surface area contributed by atoms with Crippen LogP contribution in [0.5, 0.6) is 0 Å². The van der Waals surface area contributed by atoms with E-state index in [0.717, 1.165) is 75.4 Å². The Labute approximate surface area is 319 Å². The summed E-state index contributed by atoms with van der Waals surface area (Å²) in [5.41, 5.74) is 13.3. The second-order valence-electron chi connectivity index (χ2n) is 12.6. The van der Waals surface area contributed by atoms with Gasteiger partial charge in [-0.3, -0.25) is 0 Å². The molecule has 7 heterocycles. The van der Waals surface area contributed by atoms with Crippen LogP contribution in [0.15, 0.2) is 95.4 Å². The number of hydrogen-bond acceptors (Lipinski definition) is 13. The molecule has 2 aliphatic heterocycles. The second kappa shape index (κ2) is 17.3. The molecular weight excluding hydrogens is 721 g/mol. The van der Waals surface area contributed by atoms with Crippen LogP contribution in [0.3, 0.4) is 0 Å². The minimum atomic E-state index is 0.0862. The Morgan fingerprint density at radius 2 is 1.37 bits per heavy atom. The second-order valence-corrected chi connectivity index (χ2v) is 14.3. The molecule has 16 heteroatoms. The van der Waals surface area contributed by atoms with Crippen LogP contribution in [0.2, 0.25) is 0 Å². The fraction of sp³-hybridized carbons (Fsp3) is 0.263. The van der Waals surface area contributed by atoms with Crippen LogP contribution in [0.25, 0.3) is 36.6 Å². The molecule has 2 N–H and O–H groups in total. The lowest BCUT2D eigenvalue weighted by Gasteiger charge is -2.23. The van der Waals surface area contributed by atoms with E-state index in [1.807, 2.05) is 45.9 Å². The number of azide groups is 1. The molecule has 2 fully saturated rings. The highest BCUT2D eigenvalue weighted by atomic mass is 32.1. The maximum Gasteiger partial charge on any atom is 0.138 e. The molecule has 0 unspecified atom stereocenters. The molecule has 9 rings (SSSR count). The van der Waals surface area contributed by atoms with Crippen molar-refractivity contribution in [2.24, 2.45) is 11.0 Å². The number of nitrogens with zero attached hydrogens (tertiary/aromatic N) is 10. The van der Waals surface area contributed by atoms with E-state index in [2.05, 4.69) is 94.9 Å². The molecule has 0 aliphatic carbocycles. The molecule has 2 aliphatic rings. The van der Waals surface area contributed by atoms with E-state index in [0.29, 0.717) is 17.5 Å². The van der Waals surface area contributed by atoms with E-state index in [4.69, 9.17) is 21.4 Å². The van der Waals surface area contributed by atoms with Crippen LogP contribution in [0.4, 0.5) is 17.3 Å². The van der Waals surface area contributed by atoms with Gasteiger partial charge in [-0.25, -0.2) is 24.6 Å². The quantitative estimate of drug-likeness (QED) is 0.0628. The third-order valence-electron chi connectivity index (χ3n) is 8.88. The van der Waals surface area contributed by atoms with Crippen molar-refractivity contribution in [1.82, 2.24) is 34.9 Å². The number of hydrogen-bond donors (Lipinski definition) is 2. The fourth-order valence-electron chi connectivity index (χ4n) is 5.51. The average molecular weight is 757 g/mol. The smallest absolute Gasteiger partial charge is 0.138 e. The Morgan fingerprint density at radius 1 is 0.815 bits per heavy atom. The van der Waals surface area contributed by atoms with Crippen LogP contribution in [-0.4, -0.2) is 61.4 Å². The van der Waals surface area contributed by atoms with Gasteiger partial charge in [-0.1, -0.05) is 52.6 Å². The third-order valence-corrected chi connectivity index (χ3v) is 10.5. The number of benzene rings is 2. The van der Waals surface area contributed by atoms with E-state index in [1.54, 1.807) is 47.5 Å². The summed E-state index contributed by atoms with van der Waals surface area (Å²) in [5.74, 6) is 5.07. The summed E-state index contributed by atoms with van der Waals surface area (Å²) < 4.78 is 11.8. The first-order valence-corrected chi connectivity index (χ1v) is 18.9. The molecule has 272 valence electrons. The number of terminal acetylenes is 1. The number of nitrogens with one attached hydrogen (secondary N) is 2. The monoisotopic (exact) mass is 756 g/mol. The maximum absolute atomic E-state index is 8.41. The first-order valence-electron chi connectivity index (χ1n) is 17.2. The topological polar surface area (TPSA) is 174 Å². The summed E-state index contributed by atoms with van der Waals surface area (Å²) in [6.45, 7) is 7.21. The van der Waals surface area contributed by atoms with Crippen LogP contribution < -0.4 is 10.6 Å². The highest BCUT2D eigenvalue weighted by Crippen LogP contribution is 2.29. The van der Waals surface area contributed by atoms with Gasteiger partial charge in [0.2, 0.25) is 0 Å². The standard InChI is InChI=1S/C19H18N6OS.C14H12N6S.C5H6O/c1-12(22-18-16-6-7-27-19(16)21-11-20-18)13-2-4-15(5-3-13)25-8-17(23-24-25)14-9-26-10-14;1-9(10-2-4-11(5-3-10)19-20-15)18-13-12-6-7-21-14(12)17-8-16-13;1-2-5-3-6-4-5/h2-8,11-12,14H,9-10H2,1H3,(H,20,21,22);2-9H,1H3,(H,16,17,18);1,5H,3-4H2/t12-;9-;/m00./s1. The van der Waals surface area contributed by atoms with Crippen molar-refractivity contribution in [2.75, 3.05) is 37.1 Å². The van der Waals surface area contributed by atoms with Crippen molar-refractivity contribution >= 4 is 60.4 Å². The molecule has 2 atom stereocenters. The number of rotatable bonds is 9. The van der Waals surface area contributed by atoms with Crippen molar-refractivity contribution in [1.29, 1.82) is 0 Å². The zero-order valence-electron chi connectivity index (χ0n) is 29.5. The minimum absolute atomic E-state index is 0.0862. The van der Waals surface area contributed by atoms with Crippen molar-refractivity contribution in [3.8, 4) is 18.0 Å². The molecule has 2 aromatic carbocycles. The van der Waals surface area contributed by atoms with Gasteiger partial charge in [-0.15, -0.1) is 34.2 Å².